The van der Waals surface area contributed by atoms with E-state index in [2.05, 4.69) is 4.98 Å². The molecule has 3 nitrogen and oxygen atoms in total. The van der Waals surface area contributed by atoms with Crippen molar-refractivity contribution in [3.63, 3.8) is 0 Å². The third kappa shape index (κ3) is 1.29. The van der Waals surface area contributed by atoms with Crippen molar-refractivity contribution in [1.29, 1.82) is 0 Å². The summed E-state index contributed by atoms with van der Waals surface area (Å²) < 4.78 is 0. The van der Waals surface area contributed by atoms with Gasteiger partial charge in [-0.1, -0.05) is 0 Å². The zero-order chi connectivity index (χ0) is 9.64. The molecule has 0 atom stereocenters. The molecule has 2 rings (SSSR count). The van der Waals surface area contributed by atoms with E-state index in [1.54, 1.807) is 0 Å². The fourth-order valence-electron chi connectivity index (χ4n) is 1.86. The first-order valence-electron chi connectivity index (χ1n) is 4.53. The molecule has 3 heteroatoms. The highest BCUT2D eigenvalue weighted by Crippen LogP contribution is 2.42. The van der Waals surface area contributed by atoms with Gasteiger partial charge in [0.25, 0.3) is 5.56 Å². The normalized spacial score (nSPS) is 18.7. The van der Waals surface area contributed by atoms with E-state index in [9.17, 15) is 4.79 Å². The average Bonchev–Trinajstić information content (AvgIpc) is 2.65. The number of pyridine rings is 1. The van der Waals surface area contributed by atoms with Gasteiger partial charge < -0.3 is 10.7 Å². The van der Waals surface area contributed by atoms with Crippen LogP contribution in [-0.4, -0.2) is 4.98 Å². The van der Waals surface area contributed by atoms with E-state index in [1.165, 1.54) is 0 Å². The van der Waals surface area contributed by atoms with Crippen LogP contribution in [0.25, 0.3) is 0 Å². The molecule has 1 aromatic rings. The Morgan fingerprint density at radius 2 is 2.08 bits per heavy atom. The molecule has 1 aliphatic rings. The summed E-state index contributed by atoms with van der Waals surface area (Å²) in [7, 11) is 0. The van der Waals surface area contributed by atoms with E-state index in [-0.39, 0.29) is 11.1 Å². The topological polar surface area (TPSA) is 58.9 Å². The number of aryl methyl sites for hydroxylation is 2. The van der Waals surface area contributed by atoms with Crippen molar-refractivity contribution in [2.24, 2.45) is 5.73 Å². The second kappa shape index (κ2) is 2.45. The molecule has 0 saturated heterocycles. The average molecular weight is 178 g/mol. The predicted molar refractivity (Wildman–Crippen MR) is 51.6 cm³/mol. The molecule has 0 amide bonds. The lowest BCUT2D eigenvalue weighted by Crippen LogP contribution is -2.30. The Kier molecular flexibility index (Phi) is 1.60. The molecule has 0 aliphatic heterocycles. The zero-order valence-corrected chi connectivity index (χ0v) is 7.98. The van der Waals surface area contributed by atoms with Crippen LogP contribution in [-0.2, 0) is 5.54 Å². The minimum absolute atomic E-state index is 0.0162. The van der Waals surface area contributed by atoms with Crippen LogP contribution in [0.3, 0.4) is 0 Å². The summed E-state index contributed by atoms with van der Waals surface area (Å²) >= 11 is 0. The first-order valence-corrected chi connectivity index (χ1v) is 4.53. The third-order valence-electron chi connectivity index (χ3n) is 2.65. The first-order chi connectivity index (χ1) is 6.03. The van der Waals surface area contributed by atoms with E-state index in [1.807, 2.05) is 19.9 Å². The molecular formula is C10H14N2O. The molecule has 0 radical (unpaired) electrons. The fourth-order valence-corrected chi connectivity index (χ4v) is 1.86. The molecule has 1 aromatic heterocycles. The van der Waals surface area contributed by atoms with Gasteiger partial charge in [-0.2, -0.15) is 0 Å². The molecule has 70 valence electrons. The summed E-state index contributed by atoms with van der Waals surface area (Å²) in [5.41, 5.74) is 8.35. The Hall–Kier alpha value is -1.09. The third-order valence-corrected chi connectivity index (χ3v) is 2.65. The number of H-pyrrole nitrogens is 1. The number of hydrogen-bond donors (Lipinski definition) is 2. The summed E-state index contributed by atoms with van der Waals surface area (Å²) in [6.07, 6.45) is 1.86. The molecule has 0 bridgehead atoms. The molecule has 0 aromatic carbocycles. The van der Waals surface area contributed by atoms with Crippen molar-refractivity contribution < 1.29 is 0 Å². The van der Waals surface area contributed by atoms with E-state index in [0.29, 0.717) is 0 Å². The quantitative estimate of drug-likeness (QED) is 0.672. The van der Waals surface area contributed by atoms with Crippen molar-refractivity contribution in [3.8, 4) is 0 Å². The Bertz CT molecular complexity index is 402. The van der Waals surface area contributed by atoms with Gasteiger partial charge in [0.15, 0.2) is 0 Å². The van der Waals surface area contributed by atoms with Crippen molar-refractivity contribution in [1.82, 2.24) is 4.98 Å². The van der Waals surface area contributed by atoms with E-state index >= 15 is 0 Å². The second-order valence-electron chi connectivity index (χ2n) is 4.00. The SMILES string of the molecule is Cc1cc(C)c(C2(N)CC2)c(=O)[nH]1. The number of hydrogen-bond acceptors (Lipinski definition) is 2. The largest absolute Gasteiger partial charge is 0.326 e. The van der Waals surface area contributed by atoms with E-state index in [0.717, 1.165) is 29.7 Å². The van der Waals surface area contributed by atoms with Gasteiger partial charge in [-0.25, -0.2) is 0 Å². The van der Waals surface area contributed by atoms with Crippen LogP contribution in [0.2, 0.25) is 0 Å². The van der Waals surface area contributed by atoms with Gasteiger partial charge in [-0.05, 0) is 38.3 Å². The minimum atomic E-state index is -0.328. The summed E-state index contributed by atoms with van der Waals surface area (Å²) in [5.74, 6) is 0. The molecule has 13 heavy (non-hydrogen) atoms. The number of rotatable bonds is 1. The minimum Gasteiger partial charge on any atom is -0.326 e. The van der Waals surface area contributed by atoms with Crippen molar-refractivity contribution in [2.75, 3.05) is 0 Å². The Morgan fingerprint density at radius 1 is 1.46 bits per heavy atom. The molecule has 0 spiro atoms. The van der Waals surface area contributed by atoms with Gasteiger partial charge in [-0.15, -0.1) is 0 Å². The molecule has 1 heterocycles. The molecule has 1 fully saturated rings. The molecular weight excluding hydrogens is 164 g/mol. The monoisotopic (exact) mass is 178 g/mol. The molecule has 1 saturated carbocycles. The molecule has 0 unspecified atom stereocenters. The van der Waals surface area contributed by atoms with Gasteiger partial charge in [0.05, 0.1) is 0 Å². The lowest BCUT2D eigenvalue weighted by molar-refractivity contribution is 0.716. The standard InChI is InChI=1S/C10H14N2O/c1-6-5-7(2)12-9(13)8(6)10(11)3-4-10/h5H,3-4,11H2,1-2H3,(H,12,13). The van der Waals surface area contributed by atoms with Gasteiger partial charge >= 0.3 is 0 Å². The van der Waals surface area contributed by atoms with Crippen LogP contribution >= 0.6 is 0 Å². The number of nitrogens with two attached hydrogens (primary N) is 1. The van der Waals surface area contributed by atoms with Crippen LogP contribution in [0.5, 0.6) is 0 Å². The van der Waals surface area contributed by atoms with Gasteiger partial charge in [0.1, 0.15) is 0 Å². The summed E-state index contributed by atoms with van der Waals surface area (Å²) in [5, 5.41) is 0. The van der Waals surface area contributed by atoms with Crippen molar-refractivity contribution in [3.05, 3.63) is 33.2 Å². The lowest BCUT2D eigenvalue weighted by atomic mass is 10.0. The van der Waals surface area contributed by atoms with Crippen LogP contribution in [0, 0.1) is 13.8 Å². The summed E-state index contributed by atoms with van der Waals surface area (Å²) in [6.45, 7) is 3.83. The summed E-state index contributed by atoms with van der Waals surface area (Å²) in [4.78, 5) is 14.4. The van der Waals surface area contributed by atoms with E-state index < -0.39 is 0 Å². The maximum Gasteiger partial charge on any atom is 0.253 e. The van der Waals surface area contributed by atoms with Crippen LogP contribution < -0.4 is 11.3 Å². The maximum atomic E-state index is 11.6. The Balaban J connectivity index is 2.64. The van der Waals surface area contributed by atoms with Crippen LogP contribution in [0.15, 0.2) is 10.9 Å². The van der Waals surface area contributed by atoms with Gasteiger partial charge in [-0.3, -0.25) is 4.79 Å². The highest BCUT2D eigenvalue weighted by Gasteiger charge is 2.43. The number of nitrogens with one attached hydrogen (secondary N) is 1. The second-order valence-corrected chi connectivity index (χ2v) is 4.00. The Labute approximate surface area is 77.0 Å². The molecule has 3 N–H and O–H groups in total. The fraction of sp³-hybridized carbons (Fsp3) is 0.500. The Morgan fingerprint density at radius 3 is 2.54 bits per heavy atom. The first kappa shape index (κ1) is 8.51. The lowest BCUT2D eigenvalue weighted by Gasteiger charge is -2.11. The smallest absolute Gasteiger partial charge is 0.253 e. The zero-order valence-electron chi connectivity index (χ0n) is 7.98. The number of aromatic amines is 1. The molecule has 1 aliphatic carbocycles. The number of aromatic nitrogens is 1. The summed E-state index contributed by atoms with van der Waals surface area (Å²) in [6, 6.07) is 1.98. The highest BCUT2D eigenvalue weighted by atomic mass is 16.1. The van der Waals surface area contributed by atoms with Crippen molar-refractivity contribution >= 4 is 0 Å². The van der Waals surface area contributed by atoms with E-state index in [4.69, 9.17) is 5.73 Å². The van der Waals surface area contributed by atoms with Crippen molar-refractivity contribution in [2.45, 2.75) is 32.2 Å². The highest BCUT2D eigenvalue weighted by molar-refractivity contribution is 5.35. The van der Waals surface area contributed by atoms with Crippen LogP contribution in [0.1, 0.15) is 29.7 Å². The maximum absolute atomic E-state index is 11.6. The predicted octanol–water partition coefficient (Wildman–Crippen LogP) is 0.940. The van der Waals surface area contributed by atoms with Gasteiger partial charge in [0.2, 0.25) is 0 Å². The van der Waals surface area contributed by atoms with Crippen LogP contribution in [0.4, 0.5) is 0 Å². The van der Waals surface area contributed by atoms with Gasteiger partial charge in [0, 0.05) is 16.8 Å².